The van der Waals surface area contributed by atoms with Crippen molar-refractivity contribution in [1.29, 1.82) is 5.26 Å². The van der Waals surface area contributed by atoms with E-state index in [2.05, 4.69) is 19.9 Å². The summed E-state index contributed by atoms with van der Waals surface area (Å²) < 4.78 is 6.36. The van der Waals surface area contributed by atoms with Gasteiger partial charge in [0.05, 0.1) is 17.6 Å². The zero-order chi connectivity index (χ0) is 20.8. The first kappa shape index (κ1) is 24.7. The van der Waals surface area contributed by atoms with E-state index >= 15 is 0 Å². The van der Waals surface area contributed by atoms with Gasteiger partial charge in [-0.05, 0) is 69.6 Å². The molecular formula is C27H49NO. The van der Waals surface area contributed by atoms with Crippen molar-refractivity contribution in [3.05, 3.63) is 0 Å². The molecule has 0 aliphatic heterocycles. The molecule has 2 heteroatoms. The van der Waals surface area contributed by atoms with Crippen molar-refractivity contribution >= 4 is 0 Å². The van der Waals surface area contributed by atoms with E-state index in [1.165, 1.54) is 103 Å². The average Bonchev–Trinajstić information content (AvgIpc) is 2.77. The van der Waals surface area contributed by atoms with Crippen LogP contribution in [0.15, 0.2) is 0 Å². The topological polar surface area (TPSA) is 33.0 Å². The maximum absolute atomic E-state index is 9.80. The Labute approximate surface area is 182 Å². The quantitative estimate of drug-likeness (QED) is 0.272. The normalized spacial score (nSPS) is 30.2. The zero-order valence-corrected chi connectivity index (χ0v) is 19.7. The SMILES string of the molecule is CCCCCCCC1(C#N)CCC(COC2CCC(CCCCCC)CC2)CC1. The summed E-state index contributed by atoms with van der Waals surface area (Å²) in [5.74, 6) is 1.67. The highest BCUT2D eigenvalue weighted by Gasteiger charge is 2.35. The number of rotatable bonds is 14. The second-order valence-corrected chi connectivity index (χ2v) is 10.3. The van der Waals surface area contributed by atoms with Gasteiger partial charge in [0.15, 0.2) is 0 Å². The highest BCUT2D eigenvalue weighted by molar-refractivity contribution is 5.01. The van der Waals surface area contributed by atoms with Crippen molar-refractivity contribution in [2.75, 3.05) is 6.61 Å². The van der Waals surface area contributed by atoms with Crippen LogP contribution >= 0.6 is 0 Å². The zero-order valence-electron chi connectivity index (χ0n) is 19.7. The first-order chi connectivity index (χ1) is 14.2. The van der Waals surface area contributed by atoms with E-state index in [-0.39, 0.29) is 5.41 Å². The van der Waals surface area contributed by atoms with Crippen LogP contribution < -0.4 is 0 Å². The third-order valence-electron chi connectivity index (χ3n) is 7.89. The van der Waals surface area contributed by atoms with E-state index in [9.17, 15) is 5.26 Å². The molecule has 2 aliphatic rings. The second-order valence-electron chi connectivity index (χ2n) is 10.3. The molecule has 0 amide bonds. The molecule has 2 rings (SSSR count). The van der Waals surface area contributed by atoms with Crippen LogP contribution in [-0.4, -0.2) is 12.7 Å². The minimum absolute atomic E-state index is 0.0153. The predicted molar refractivity (Wildman–Crippen MR) is 124 cm³/mol. The van der Waals surface area contributed by atoms with E-state index in [1.807, 2.05) is 0 Å². The number of hydrogen-bond acceptors (Lipinski definition) is 2. The molecule has 0 bridgehead atoms. The van der Waals surface area contributed by atoms with E-state index in [1.54, 1.807) is 0 Å². The lowest BCUT2D eigenvalue weighted by atomic mass is 9.69. The smallest absolute Gasteiger partial charge is 0.0689 e. The van der Waals surface area contributed by atoms with Crippen LogP contribution in [0, 0.1) is 28.6 Å². The third-order valence-corrected chi connectivity index (χ3v) is 7.89. The monoisotopic (exact) mass is 403 g/mol. The molecule has 0 unspecified atom stereocenters. The van der Waals surface area contributed by atoms with Crippen LogP contribution in [0.3, 0.4) is 0 Å². The van der Waals surface area contributed by atoms with Crippen LogP contribution in [-0.2, 0) is 4.74 Å². The van der Waals surface area contributed by atoms with Gasteiger partial charge in [-0.3, -0.25) is 0 Å². The van der Waals surface area contributed by atoms with Crippen molar-refractivity contribution in [3.8, 4) is 6.07 Å². The lowest BCUT2D eigenvalue weighted by Crippen LogP contribution is -2.30. The van der Waals surface area contributed by atoms with Crippen LogP contribution in [0.4, 0.5) is 0 Å². The van der Waals surface area contributed by atoms with Gasteiger partial charge in [0.2, 0.25) is 0 Å². The van der Waals surface area contributed by atoms with Gasteiger partial charge in [-0.25, -0.2) is 0 Å². The molecule has 2 nitrogen and oxygen atoms in total. The minimum Gasteiger partial charge on any atom is -0.378 e. The molecule has 0 N–H and O–H groups in total. The van der Waals surface area contributed by atoms with Crippen molar-refractivity contribution in [1.82, 2.24) is 0 Å². The Balaban J connectivity index is 1.56. The van der Waals surface area contributed by atoms with Crippen molar-refractivity contribution in [2.24, 2.45) is 17.3 Å². The summed E-state index contributed by atoms with van der Waals surface area (Å²) in [6, 6.07) is 2.72. The molecule has 0 heterocycles. The van der Waals surface area contributed by atoms with E-state index < -0.39 is 0 Å². The van der Waals surface area contributed by atoms with Crippen molar-refractivity contribution in [3.63, 3.8) is 0 Å². The lowest BCUT2D eigenvalue weighted by Gasteiger charge is -2.36. The number of nitrogens with zero attached hydrogens (tertiary/aromatic N) is 1. The number of unbranched alkanes of at least 4 members (excludes halogenated alkanes) is 7. The van der Waals surface area contributed by atoms with Crippen molar-refractivity contribution in [2.45, 2.75) is 142 Å². The van der Waals surface area contributed by atoms with Gasteiger partial charge >= 0.3 is 0 Å². The summed E-state index contributed by atoms with van der Waals surface area (Å²) in [4.78, 5) is 0. The van der Waals surface area contributed by atoms with Gasteiger partial charge in [-0.15, -0.1) is 0 Å². The maximum Gasteiger partial charge on any atom is 0.0689 e. The standard InChI is InChI=1S/C27H49NO/c1-3-5-7-9-11-19-27(23-28)20-17-25(18-21-27)22-29-26-15-13-24(14-16-26)12-10-8-6-4-2/h24-26H,3-22H2,1-2H3. The molecule has 2 aliphatic carbocycles. The van der Waals surface area contributed by atoms with Gasteiger partial charge in [0, 0.05) is 6.61 Å². The Morgan fingerprint density at radius 2 is 1.38 bits per heavy atom. The second kappa shape index (κ2) is 14.5. The fourth-order valence-electron chi connectivity index (χ4n) is 5.60. The Kier molecular flexibility index (Phi) is 12.3. The molecule has 2 fully saturated rings. The third kappa shape index (κ3) is 9.42. The number of ether oxygens (including phenoxy) is 1. The Morgan fingerprint density at radius 3 is 2.00 bits per heavy atom. The molecule has 0 aromatic carbocycles. The number of nitriles is 1. The van der Waals surface area contributed by atoms with E-state index in [0.717, 1.165) is 31.8 Å². The summed E-state index contributed by atoms with van der Waals surface area (Å²) >= 11 is 0. The van der Waals surface area contributed by atoms with Crippen molar-refractivity contribution < 1.29 is 4.74 Å². The summed E-state index contributed by atoms with van der Waals surface area (Å²) in [7, 11) is 0. The van der Waals surface area contributed by atoms with E-state index in [4.69, 9.17) is 4.74 Å². The molecule has 29 heavy (non-hydrogen) atoms. The summed E-state index contributed by atoms with van der Waals surface area (Å²) in [5.41, 5.74) is -0.0153. The largest absolute Gasteiger partial charge is 0.378 e. The predicted octanol–water partition coefficient (Wildman–Crippen LogP) is 8.59. The molecule has 0 aromatic rings. The first-order valence-corrected chi connectivity index (χ1v) is 13.2. The van der Waals surface area contributed by atoms with Crippen LogP contribution in [0.2, 0.25) is 0 Å². The highest BCUT2D eigenvalue weighted by atomic mass is 16.5. The average molecular weight is 404 g/mol. The maximum atomic E-state index is 9.80. The minimum atomic E-state index is -0.0153. The van der Waals surface area contributed by atoms with Gasteiger partial charge < -0.3 is 4.74 Å². The van der Waals surface area contributed by atoms with Gasteiger partial charge in [-0.1, -0.05) is 78.1 Å². The first-order valence-electron chi connectivity index (χ1n) is 13.2. The number of hydrogen-bond donors (Lipinski definition) is 0. The summed E-state index contributed by atoms with van der Waals surface area (Å²) in [6.07, 6.45) is 25.2. The molecule has 2 saturated carbocycles. The molecule has 0 spiro atoms. The Hall–Kier alpha value is -0.550. The van der Waals surface area contributed by atoms with E-state index in [0.29, 0.717) is 12.0 Å². The highest BCUT2D eigenvalue weighted by Crippen LogP contribution is 2.42. The van der Waals surface area contributed by atoms with Gasteiger partial charge in [-0.2, -0.15) is 5.26 Å². The lowest BCUT2D eigenvalue weighted by molar-refractivity contribution is -0.0135. The molecular weight excluding hydrogens is 354 g/mol. The molecule has 0 atom stereocenters. The molecule has 168 valence electrons. The van der Waals surface area contributed by atoms with Gasteiger partial charge in [0.1, 0.15) is 0 Å². The van der Waals surface area contributed by atoms with Crippen LogP contribution in [0.5, 0.6) is 0 Å². The van der Waals surface area contributed by atoms with Crippen LogP contribution in [0.1, 0.15) is 136 Å². The summed E-state index contributed by atoms with van der Waals surface area (Å²) in [5, 5.41) is 9.80. The Morgan fingerprint density at radius 1 is 0.759 bits per heavy atom. The Bertz CT molecular complexity index is 438. The molecule has 0 aromatic heterocycles. The molecule has 0 radical (unpaired) electrons. The van der Waals surface area contributed by atoms with Gasteiger partial charge in [0.25, 0.3) is 0 Å². The molecule has 0 saturated heterocycles. The fourth-order valence-corrected chi connectivity index (χ4v) is 5.60. The van der Waals surface area contributed by atoms with Crippen LogP contribution in [0.25, 0.3) is 0 Å². The summed E-state index contributed by atoms with van der Waals surface area (Å²) in [6.45, 7) is 5.51. The fraction of sp³-hybridized carbons (Fsp3) is 0.963.